The molecular weight excluding hydrogens is 269 g/mol. The third kappa shape index (κ3) is 5.02. The van der Waals surface area contributed by atoms with Crippen LogP contribution in [0.2, 0.25) is 0 Å². The molecule has 0 spiro atoms. The van der Waals surface area contributed by atoms with Gasteiger partial charge in [0.2, 0.25) is 0 Å². The van der Waals surface area contributed by atoms with E-state index in [1.54, 1.807) is 32.0 Å². The largest absolute Gasteiger partial charge is 0.496 e. The molecule has 0 unspecified atom stereocenters. The van der Waals surface area contributed by atoms with Crippen LogP contribution in [0.3, 0.4) is 0 Å². The summed E-state index contributed by atoms with van der Waals surface area (Å²) in [5.41, 5.74) is 7.20. The molecule has 0 bridgehead atoms. The maximum absolute atomic E-state index is 12.6. The van der Waals surface area contributed by atoms with Crippen molar-refractivity contribution in [3.63, 3.8) is 0 Å². The van der Waals surface area contributed by atoms with Crippen LogP contribution in [0.5, 0.6) is 5.75 Å². The standard InChI is InChI=1S/C14H21F3N2O/c1-10(2)19(9-14(15,16)17)8-11-4-5-13(20-3)12(6-11)7-18/h4-6,10H,7-9,18H2,1-3H3. The van der Waals surface area contributed by atoms with Crippen molar-refractivity contribution in [2.24, 2.45) is 5.73 Å². The second kappa shape index (κ2) is 6.95. The van der Waals surface area contributed by atoms with E-state index in [0.29, 0.717) is 5.75 Å². The molecule has 6 heteroatoms. The highest BCUT2D eigenvalue weighted by Crippen LogP contribution is 2.23. The Balaban J connectivity index is 2.88. The maximum Gasteiger partial charge on any atom is 0.401 e. The molecule has 0 amide bonds. The van der Waals surface area contributed by atoms with Crippen LogP contribution in [0.25, 0.3) is 0 Å². The minimum Gasteiger partial charge on any atom is -0.496 e. The van der Waals surface area contributed by atoms with Gasteiger partial charge in [0.15, 0.2) is 0 Å². The van der Waals surface area contributed by atoms with Gasteiger partial charge in [-0.15, -0.1) is 0 Å². The lowest BCUT2D eigenvalue weighted by Gasteiger charge is -2.27. The van der Waals surface area contributed by atoms with E-state index < -0.39 is 12.7 Å². The Morgan fingerprint density at radius 1 is 1.30 bits per heavy atom. The third-order valence-corrected chi connectivity index (χ3v) is 3.06. The summed E-state index contributed by atoms with van der Waals surface area (Å²) in [5, 5.41) is 0. The first kappa shape index (κ1) is 16.8. The van der Waals surface area contributed by atoms with Crippen LogP contribution in [0, 0.1) is 0 Å². The SMILES string of the molecule is COc1ccc(CN(CC(F)(F)F)C(C)C)cc1CN. The van der Waals surface area contributed by atoms with Gasteiger partial charge in [-0.05, 0) is 31.5 Å². The molecule has 0 heterocycles. The number of hydrogen-bond acceptors (Lipinski definition) is 3. The van der Waals surface area contributed by atoms with Gasteiger partial charge in [-0.3, -0.25) is 4.90 Å². The molecule has 1 rings (SSSR count). The summed E-state index contributed by atoms with van der Waals surface area (Å²) in [6, 6.07) is 5.11. The zero-order valence-corrected chi connectivity index (χ0v) is 12.0. The van der Waals surface area contributed by atoms with Crippen molar-refractivity contribution < 1.29 is 17.9 Å². The number of hydrogen-bond donors (Lipinski definition) is 1. The first-order valence-electron chi connectivity index (χ1n) is 6.43. The average molecular weight is 290 g/mol. The van der Waals surface area contributed by atoms with E-state index in [4.69, 9.17) is 10.5 Å². The van der Waals surface area contributed by atoms with Gasteiger partial charge in [-0.1, -0.05) is 6.07 Å². The van der Waals surface area contributed by atoms with Crippen LogP contribution < -0.4 is 10.5 Å². The monoisotopic (exact) mass is 290 g/mol. The second-order valence-electron chi connectivity index (χ2n) is 4.96. The van der Waals surface area contributed by atoms with Gasteiger partial charge in [0.25, 0.3) is 0 Å². The molecule has 3 nitrogen and oxygen atoms in total. The molecule has 0 aromatic heterocycles. The molecule has 114 valence electrons. The van der Waals surface area contributed by atoms with Gasteiger partial charge >= 0.3 is 6.18 Å². The van der Waals surface area contributed by atoms with Crippen molar-refractivity contribution in [2.45, 2.75) is 39.2 Å². The molecule has 0 fully saturated rings. The highest BCUT2D eigenvalue weighted by Gasteiger charge is 2.31. The van der Waals surface area contributed by atoms with Crippen LogP contribution in [0.15, 0.2) is 18.2 Å². The lowest BCUT2D eigenvalue weighted by Crippen LogP contribution is -2.38. The highest BCUT2D eigenvalue weighted by molar-refractivity contribution is 5.37. The van der Waals surface area contributed by atoms with Crippen molar-refractivity contribution in [3.05, 3.63) is 29.3 Å². The molecule has 0 radical (unpaired) electrons. The summed E-state index contributed by atoms with van der Waals surface area (Å²) < 4.78 is 42.8. The number of rotatable bonds is 6. The van der Waals surface area contributed by atoms with Crippen molar-refractivity contribution in [3.8, 4) is 5.75 Å². The Labute approximate surface area is 117 Å². The fraction of sp³-hybridized carbons (Fsp3) is 0.571. The number of nitrogens with zero attached hydrogens (tertiary/aromatic N) is 1. The molecule has 0 aliphatic heterocycles. The number of alkyl halides is 3. The average Bonchev–Trinajstić information content (AvgIpc) is 2.36. The van der Waals surface area contributed by atoms with Crippen molar-refractivity contribution in [2.75, 3.05) is 13.7 Å². The highest BCUT2D eigenvalue weighted by atomic mass is 19.4. The van der Waals surface area contributed by atoms with E-state index in [1.165, 1.54) is 12.0 Å². The van der Waals surface area contributed by atoms with Gasteiger partial charge < -0.3 is 10.5 Å². The molecule has 2 N–H and O–H groups in total. The molecule has 0 aliphatic rings. The zero-order chi connectivity index (χ0) is 15.3. The van der Waals surface area contributed by atoms with Gasteiger partial charge in [-0.25, -0.2) is 0 Å². The predicted molar refractivity (Wildman–Crippen MR) is 72.5 cm³/mol. The van der Waals surface area contributed by atoms with Crippen LogP contribution in [0.1, 0.15) is 25.0 Å². The number of ether oxygens (including phenoxy) is 1. The van der Waals surface area contributed by atoms with E-state index in [0.717, 1.165) is 11.1 Å². The first-order valence-corrected chi connectivity index (χ1v) is 6.43. The summed E-state index contributed by atoms with van der Waals surface area (Å²) in [7, 11) is 1.54. The molecule has 0 aliphatic carbocycles. The number of nitrogens with two attached hydrogens (primary N) is 1. The zero-order valence-electron chi connectivity index (χ0n) is 12.0. The van der Waals surface area contributed by atoms with Crippen LogP contribution in [-0.4, -0.2) is 30.8 Å². The lowest BCUT2D eigenvalue weighted by molar-refractivity contribution is -0.150. The minimum absolute atomic E-state index is 0.194. The van der Waals surface area contributed by atoms with Crippen LogP contribution in [0.4, 0.5) is 13.2 Å². The van der Waals surface area contributed by atoms with Crippen molar-refractivity contribution >= 4 is 0 Å². The number of benzene rings is 1. The molecule has 1 aromatic rings. The fourth-order valence-electron chi connectivity index (χ4n) is 1.98. The summed E-state index contributed by atoms with van der Waals surface area (Å²) in [4.78, 5) is 1.38. The van der Waals surface area contributed by atoms with Gasteiger partial charge in [0.1, 0.15) is 5.75 Å². The maximum atomic E-state index is 12.6. The molecule has 0 atom stereocenters. The fourth-order valence-corrected chi connectivity index (χ4v) is 1.98. The second-order valence-corrected chi connectivity index (χ2v) is 4.96. The molecule has 0 saturated carbocycles. The molecule has 1 aromatic carbocycles. The molecule has 20 heavy (non-hydrogen) atoms. The van der Waals surface area contributed by atoms with Crippen LogP contribution in [-0.2, 0) is 13.1 Å². The topological polar surface area (TPSA) is 38.5 Å². The first-order chi connectivity index (χ1) is 9.26. The summed E-state index contributed by atoms with van der Waals surface area (Å²) in [6.45, 7) is 3.10. The number of methoxy groups -OCH3 is 1. The van der Waals surface area contributed by atoms with E-state index in [1.807, 2.05) is 0 Å². The van der Waals surface area contributed by atoms with E-state index in [2.05, 4.69) is 0 Å². The van der Waals surface area contributed by atoms with Crippen LogP contribution >= 0.6 is 0 Å². The van der Waals surface area contributed by atoms with E-state index >= 15 is 0 Å². The summed E-state index contributed by atoms with van der Waals surface area (Å²) >= 11 is 0. The molecular formula is C14H21F3N2O. The van der Waals surface area contributed by atoms with Crippen molar-refractivity contribution in [1.29, 1.82) is 0 Å². The Kier molecular flexibility index (Phi) is 5.83. The Hall–Kier alpha value is -1.27. The van der Waals surface area contributed by atoms with Crippen molar-refractivity contribution in [1.82, 2.24) is 4.90 Å². The Morgan fingerprint density at radius 2 is 1.95 bits per heavy atom. The van der Waals surface area contributed by atoms with Gasteiger partial charge in [-0.2, -0.15) is 13.2 Å². The minimum atomic E-state index is -4.20. The quantitative estimate of drug-likeness (QED) is 0.875. The van der Waals surface area contributed by atoms with E-state index in [9.17, 15) is 13.2 Å². The Morgan fingerprint density at radius 3 is 2.40 bits per heavy atom. The molecule has 0 saturated heterocycles. The summed E-state index contributed by atoms with van der Waals surface area (Å²) in [6.07, 6.45) is -4.20. The van der Waals surface area contributed by atoms with Gasteiger partial charge in [0.05, 0.1) is 13.7 Å². The smallest absolute Gasteiger partial charge is 0.401 e. The third-order valence-electron chi connectivity index (χ3n) is 3.06. The van der Waals surface area contributed by atoms with E-state index in [-0.39, 0.29) is 19.1 Å². The number of halogens is 3. The normalized spacial score (nSPS) is 12.2. The van der Waals surface area contributed by atoms with Gasteiger partial charge in [0, 0.05) is 24.7 Å². The Bertz CT molecular complexity index is 433. The predicted octanol–water partition coefficient (Wildman–Crippen LogP) is 2.93. The summed E-state index contributed by atoms with van der Waals surface area (Å²) in [5.74, 6) is 0.656. The lowest BCUT2D eigenvalue weighted by atomic mass is 10.1.